The number of hydrogen-bond acceptors (Lipinski definition) is 4. The highest BCUT2D eigenvalue weighted by molar-refractivity contribution is 8.22. The van der Waals surface area contributed by atoms with Gasteiger partial charge in [-0.1, -0.05) is 31.2 Å². The third-order valence-electron chi connectivity index (χ3n) is 1.63. The van der Waals surface area contributed by atoms with Crippen molar-refractivity contribution in [2.24, 2.45) is 0 Å². The molecule has 0 radical (unpaired) electrons. The van der Waals surface area contributed by atoms with E-state index >= 15 is 0 Å². The van der Waals surface area contributed by atoms with E-state index in [1.165, 1.54) is 4.88 Å². The normalized spacial score (nSPS) is 10.1. The molecule has 4 heteroatoms. The van der Waals surface area contributed by atoms with Gasteiger partial charge >= 0.3 is 0 Å². The van der Waals surface area contributed by atoms with Gasteiger partial charge in [-0.15, -0.1) is 11.3 Å². The molecule has 14 heavy (non-hydrogen) atoms. The molecule has 0 aliphatic rings. The number of unbranched alkanes of at least 4 members (excludes halogenated alkanes) is 1. The average Bonchev–Trinajstić information content (AvgIpc) is 2.68. The van der Waals surface area contributed by atoms with Crippen LogP contribution in [-0.2, 0) is 10.5 Å². The van der Waals surface area contributed by atoms with E-state index in [0.717, 1.165) is 25.2 Å². The van der Waals surface area contributed by atoms with Crippen LogP contribution < -0.4 is 0 Å². The van der Waals surface area contributed by atoms with Crippen LogP contribution in [0.4, 0.5) is 0 Å². The van der Waals surface area contributed by atoms with Gasteiger partial charge in [0.15, 0.2) is 0 Å². The minimum absolute atomic E-state index is 0.673. The molecule has 0 unspecified atom stereocenters. The summed E-state index contributed by atoms with van der Waals surface area (Å²) in [4.78, 5) is 1.34. The third kappa shape index (κ3) is 4.98. The summed E-state index contributed by atoms with van der Waals surface area (Å²) in [5.41, 5.74) is 0. The summed E-state index contributed by atoms with van der Waals surface area (Å²) in [6.45, 7) is 2.90. The lowest BCUT2D eigenvalue weighted by Crippen LogP contribution is -1.98. The number of ether oxygens (including phenoxy) is 1. The first-order valence-corrected chi connectivity index (χ1v) is 6.92. The number of hydrogen-bond donors (Lipinski definition) is 0. The Hall–Kier alpha value is -0.0600. The van der Waals surface area contributed by atoms with Crippen LogP contribution in [0.2, 0.25) is 0 Å². The Labute approximate surface area is 98.9 Å². The van der Waals surface area contributed by atoms with E-state index in [1.807, 2.05) is 0 Å². The Morgan fingerprint density at radius 2 is 2.50 bits per heavy atom. The van der Waals surface area contributed by atoms with Crippen LogP contribution in [0.5, 0.6) is 0 Å². The van der Waals surface area contributed by atoms with Gasteiger partial charge in [0.05, 0.1) is 6.61 Å². The second-order valence-corrected chi connectivity index (χ2v) is 5.43. The van der Waals surface area contributed by atoms with Gasteiger partial charge < -0.3 is 4.74 Å². The Morgan fingerprint density at radius 3 is 3.14 bits per heavy atom. The quantitative estimate of drug-likeness (QED) is 0.572. The molecule has 0 aromatic carbocycles. The van der Waals surface area contributed by atoms with Gasteiger partial charge in [-0.05, 0) is 30.1 Å². The average molecular weight is 246 g/mol. The van der Waals surface area contributed by atoms with Gasteiger partial charge in [-0.3, -0.25) is 0 Å². The topological polar surface area (TPSA) is 9.23 Å². The van der Waals surface area contributed by atoms with Crippen molar-refractivity contribution in [2.45, 2.75) is 25.5 Å². The number of rotatable bonds is 5. The molecule has 1 aromatic heterocycles. The maximum Gasteiger partial charge on any atom is 0.220 e. The molecule has 0 spiro atoms. The maximum absolute atomic E-state index is 5.38. The molecule has 0 atom stereocenters. The fraction of sp³-hybridized carbons (Fsp3) is 0.500. The number of thiocarbonyl (C=S) groups is 1. The lowest BCUT2D eigenvalue weighted by molar-refractivity contribution is 0.313. The Bertz CT molecular complexity index is 256. The maximum atomic E-state index is 5.38. The van der Waals surface area contributed by atoms with Crippen LogP contribution in [0.25, 0.3) is 0 Å². The van der Waals surface area contributed by atoms with Crippen LogP contribution in [0, 0.1) is 0 Å². The molecule has 78 valence electrons. The van der Waals surface area contributed by atoms with E-state index in [-0.39, 0.29) is 0 Å². The molecule has 0 amide bonds. The fourth-order valence-corrected chi connectivity index (χ4v) is 2.59. The monoisotopic (exact) mass is 246 g/mol. The summed E-state index contributed by atoms with van der Waals surface area (Å²) < 4.78 is 6.05. The third-order valence-corrected chi connectivity index (χ3v) is 3.97. The Kier molecular flexibility index (Phi) is 6.23. The molecule has 0 saturated heterocycles. The summed E-state index contributed by atoms with van der Waals surface area (Å²) in [5.74, 6) is 0.933. The first kappa shape index (κ1) is 12.0. The zero-order chi connectivity index (χ0) is 10.2. The molecule has 0 aliphatic heterocycles. The zero-order valence-electron chi connectivity index (χ0n) is 8.19. The summed E-state index contributed by atoms with van der Waals surface area (Å²) in [6.07, 6.45) is 2.23. The molecule has 1 nitrogen and oxygen atoms in total. The van der Waals surface area contributed by atoms with E-state index in [0.29, 0.717) is 4.38 Å². The standard InChI is InChI=1S/C10H14OS3/c1-2-3-6-11-10(12)14-8-9-5-4-7-13-9/h4-5,7H,2-3,6,8H2,1H3. The second kappa shape index (κ2) is 7.26. The fourth-order valence-electron chi connectivity index (χ4n) is 0.866. The van der Waals surface area contributed by atoms with Gasteiger partial charge in [0, 0.05) is 10.6 Å². The van der Waals surface area contributed by atoms with Crippen LogP contribution in [0.3, 0.4) is 0 Å². The van der Waals surface area contributed by atoms with Crippen molar-refractivity contribution in [1.82, 2.24) is 0 Å². The first-order chi connectivity index (χ1) is 6.83. The minimum atomic E-state index is 0.673. The molecule has 1 aromatic rings. The largest absolute Gasteiger partial charge is 0.479 e. The highest BCUT2D eigenvalue weighted by Gasteiger charge is 2.00. The summed E-state index contributed by atoms with van der Waals surface area (Å²) in [6, 6.07) is 4.17. The van der Waals surface area contributed by atoms with Crippen LogP contribution in [0.1, 0.15) is 24.6 Å². The van der Waals surface area contributed by atoms with Gasteiger partial charge in [0.1, 0.15) is 0 Å². The van der Waals surface area contributed by atoms with E-state index in [9.17, 15) is 0 Å². The summed E-state index contributed by atoms with van der Waals surface area (Å²) in [7, 11) is 0. The number of thioether (sulfide) groups is 1. The summed E-state index contributed by atoms with van der Waals surface area (Å²) in [5, 5.41) is 2.08. The second-order valence-electron chi connectivity index (χ2n) is 2.82. The van der Waals surface area contributed by atoms with Crippen molar-refractivity contribution in [3.8, 4) is 0 Å². The van der Waals surface area contributed by atoms with Crippen molar-refractivity contribution in [3.63, 3.8) is 0 Å². The first-order valence-electron chi connectivity index (χ1n) is 4.65. The van der Waals surface area contributed by atoms with Gasteiger partial charge in [0.2, 0.25) is 4.38 Å². The van der Waals surface area contributed by atoms with Crippen LogP contribution >= 0.6 is 35.3 Å². The molecule has 1 heterocycles. The lowest BCUT2D eigenvalue weighted by atomic mass is 10.4. The minimum Gasteiger partial charge on any atom is -0.479 e. The van der Waals surface area contributed by atoms with Crippen LogP contribution in [0.15, 0.2) is 17.5 Å². The predicted molar refractivity (Wildman–Crippen MR) is 69.1 cm³/mol. The van der Waals surface area contributed by atoms with E-state index in [4.69, 9.17) is 17.0 Å². The van der Waals surface area contributed by atoms with Gasteiger partial charge in [-0.25, -0.2) is 0 Å². The van der Waals surface area contributed by atoms with Crippen LogP contribution in [-0.4, -0.2) is 11.0 Å². The van der Waals surface area contributed by atoms with E-state index in [2.05, 4.69) is 24.4 Å². The SMILES string of the molecule is CCCCOC(=S)SCc1cccs1. The van der Waals surface area contributed by atoms with Crippen molar-refractivity contribution in [1.29, 1.82) is 0 Å². The molecule has 0 fully saturated rings. The highest BCUT2D eigenvalue weighted by Crippen LogP contribution is 2.18. The molecule has 0 bridgehead atoms. The number of thiophene rings is 1. The van der Waals surface area contributed by atoms with Crippen molar-refractivity contribution in [3.05, 3.63) is 22.4 Å². The van der Waals surface area contributed by atoms with Gasteiger partial charge in [-0.2, -0.15) is 0 Å². The smallest absolute Gasteiger partial charge is 0.220 e. The van der Waals surface area contributed by atoms with Gasteiger partial charge in [0.25, 0.3) is 0 Å². The zero-order valence-corrected chi connectivity index (χ0v) is 10.6. The Morgan fingerprint density at radius 1 is 1.64 bits per heavy atom. The van der Waals surface area contributed by atoms with E-state index in [1.54, 1.807) is 23.1 Å². The molecule has 0 aliphatic carbocycles. The van der Waals surface area contributed by atoms with E-state index < -0.39 is 0 Å². The molecular weight excluding hydrogens is 232 g/mol. The molecule has 0 saturated carbocycles. The molecule has 0 N–H and O–H groups in total. The Balaban J connectivity index is 2.09. The lowest BCUT2D eigenvalue weighted by Gasteiger charge is -2.04. The highest BCUT2D eigenvalue weighted by atomic mass is 32.2. The molecular formula is C10H14OS3. The summed E-state index contributed by atoms with van der Waals surface area (Å²) >= 11 is 8.45. The van der Waals surface area contributed by atoms with Crippen molar-refractivity contribution < 1.29 is 4.74 Å². The van der Waals surface area contributed by atoms with Crippen molar-refractivity contribution >= 4 is 39.7 Å². The molecule has 1 rings (SSSR count). The predicted octanol–water partition coefficient (Wildman–Crippen LogP) is 4.08. The van der Waals surface area contributed by atoms with Crippen molar-refractivity contribution in [2.75, 3.05) is 6.61 Å².